The second-order valence-electron chi connectivity index (χ2n) is 6.37. The topological polar surface area (TPSA) is 27.8 Å². The van der Waals surface area contributed by atoms with Crippen molar-refractivity contribution in [2.75, 3.05) is 5.32 Å². The first-order valence-corrected chi connectivity index (χ1v) is 9.05. The Labute approximate surface area is 142 Å². The van der Waals surface area contributed by atoms with Gasteiger partial charge in [0, 0.05) is 22.5 Å². The van der Waals surface area contributed by atoms with E-state index >= 15 is 0 Å². The van der Waals surface area contributed by atoms with Crippen LogP contribution in [0.25, 0.3) is 0 Å². The van der Waals surface area contributed by atoms with E-state index in [9.17, 15) is 0 Å². The first kappa shape index (κ1) is 19.3. The summed E-state index contributed by atoms with van der Waals surface area (Å²) in [4.78, 5) is 3.58. The van der Waals surface area contributed by atoms with E-state index in [1.54, 1.807) is 0 Å². The van der Waals surface area contributed by atoms with E-state index in [0.717, 1.165) is 0 Å². The first-order valence-electron chi connectivity index (χ1n) is 9.05. The van der Waals surface area contributed by atoms with E-state index in [1.165, 1.54) is 22.6 Å². The van der Waals surface area contributed by atoms with Crippen LogP contribution in [0.2, 0.25) is 0 Å². The van der Waals surface area contributed by atoms with Gasteiger partial charge in [0.15, 0.2) is 0 Å². The second kappa shape index (κ2) is 8.24. The summed E-state index contributed by atoms with van der Waals surface area (Å²) >= 11 is 0. The minimum absolute atomic E-state index is 0.107. The molecule has 23 heavy (non-hydrogen) atoms. The molecule has 0 saturated carbocycles. The van der Waals surface area contributed by atoms with Crippen molar-refractivity contribution in [2.24, 2.45) is 0 Å². The summed E-state index contributed by atoms with van der Waals surface area (Å²) in [5.41, 5.74) is 5.36. The molecule has 2 nitrogen and oxygen atoms in total. The van der Waals surface area contributed by atoms with Crippen molar-refractivity contribution in [2.45, 2.75) is 72.8 Å². The zero-order chi connectivity index (χ0) is 17.6. The quantitative estimate of drug-likeness (QED) is 0.639. The summed E-state index contributed by atoms with van der Waals surface area (Å²) in [5.74, 6) is 0.542. The van der Waals surface area contributed by atoms with E-state index in [4.69, 9.17) is 0 Å². The van der Waals surface area contributed by atoms with Crippen LogP contribution in [0.3, 0.4) is 0 Å². The summed E-state index contributed by atoms with van der Waals surface area (Å²) in [6.07, 6.45) is 0. The van der Waals surface area contributed by atoms with Gasteiger partial charge < -0.3 is 10.3 Å². The molecule has 0 spiro atoms. The van der Waals surface area contributed by atoms with Gasteiger partial charge in [0.25, 0.3) is 0 Å². The summed E-state index contributed by atoms with van der Waals surface area (Å²) < 4.78 is 0. The lowest BCUT2D eigenvalue weighted by Crippen LogP contribution is -2.25. The maximum atomic E-state index is 3.66. The number of aromatic amines is 1. The Kier molecular flexibility index (Phi) is 6.93. The molecule has 1 aromatic heterocycles. The lowest BCUT2D eigenvalue weighted by molar-refractivity contribution is 0.466. The van der Waals surface area contributed by atoms with Gasteiger partial charge in [0.2, 0.25) is 0 Å². The number of aromatic nitrogens is 1. The minimum Gasteiger partial charge on any atom is -0.376 e. The molecule has 1 unspecified atom stereocenters. The van der Waals surface area contributed by atoms with Crippen molar-refractivity contribution >= 4 is 5.69 Å². The normalized spacial score (nSPS) is 17.3. The van der Waals surface area contributed by atoms with Gasteiger partial charge in [-0.1, -0.05) is 73.6 Å². The van der Waals surface area contributed by atoms with Crippen LogP contribution in [-0.4, -0.2) is 4.98 Å². The van der Waals surface area contributed by atoms with Crippen molar-refractivity contribution in [3.8, 4) is 0 Å². The Morgan fingerprint density at radius 1 is 0.913 bits per heavy atom. The molecule has 0 radical (unpaired) electrons. The highest BCUT2D eigenvalue weighted by atomic mass is 15.0. The van der Waals surface area contributed by atoms with Crippen LogP contribution in [0.15, 0.2) is 36.4 Å². The average Bonchev–Trinajstić information content (AvgIpc) is 3.15. The fourth-order valence-corrected chi connectivity index (χ4v) is 3.06. The summed E-state index contributed by atoms with van der Waals surface area (Å²) in [5, 5.41) is 3.66. The molecule has 1 aliphatic heterocycles. The highest BCUT2D eigenvalue weighted by Crippen LogP contribution is 2.47. The molecule has 0 amide bonds. The van der Waals surface area contributed by atoms with Crippen LogP contribution < -0.4 is 5.32 Å². The summed E-state index contributed by atoms with van der Waals surface area (Å²) in [7, 11) is 0. The molecule has 0 aliphatic carbocycles. The van der Waals surface area contributed by atoms with Gasteiger partial charge in [-0.2, -0.15) is 0 Å². The van der Waals surface area contributed by atoms with Crippen LogP contribution in [0.4, 0.5) is 5.69 Å². The smallest absolute Gasteiger partial charge is 0.0755 e. The third kappa shape index (κ3) is 3.80. The van der Waals surface area contributed by atoms with Crippen LogP contribution in [0, 0.1) is 0 Å². The Hall–Kier alpha value is -1.70. The molecule has 0 saturated heterocycles. The average molecular weight is 315 g/mol. The van der Waals surface area contributed by atoms with Crippen LogP contribution >= 0.6 is 0 Å². The molecule has 1 aromatic carbocycles. The lowest BCUT2D eigenvalue weighted by Gasteiger charge is -2.27. The number of para-hydroxylation sites is 1. The van der Waals surface area contributed by atoms with Gasteiger partial charge in [-0.15, -0.1) is 0 Å². The molecule has 1 atom stereocenters. The van der Waals surface area contributed by atoms with Gasteiger partial charge in [-0.25, -0.2) is 0 Å². The number of anilines is 1. The van der Waals surface area contributed by atoms with Gasteiger partial charge in [0.1, 0.15) is 0 Å². The lowest BCUT2D eigenvalue weighted by atomic mass is 9.79. The SMILES string of the molecule is CC.CC.CC(C)c1ccc(C2Nc3ccccc3C2(C)C)[nH]1. The van der Waals surface area contributed by atoms with Crippen molar-refractivity contribution < 1.29 is 0 Å². The number of hydrogen-bond acceptors (Lipinski definition) is 1. The molecule has 0 bridgehead atoms. The highest BCUT2D eigenvalue weighted by molar-refractivity contribution is 5.62. The van der Waals surface area contributed by atoms with Crippen molar-refractivity contribution in [1.82, 2.24) is 4.98 Å². The predicted molar refractivity (Wildman–Crippen MR) is 103 cm³/mol. The fourth-order valence-electron chi connectivity index (χ4n) is 3.06. The van der Waals surface area contributed by atoms with Gasteiger partial charge >= 0.3 is 0 Å². The van der Waals surface area contributed by atoms with Gasteiger partial charge in [-0.05, 0) is 29.7 Å². The Bertz CT molecular complexity index is 593. The molecule has 3 rings (SSSR count). The third-order valence-electron chi connectivity index (χ3n) is 4.31. The van der Waals surface area contributed by atoms with Gasteiger partial charge in [0.05, 0.1) is 6.04 Å². The number of fused-ring (bicyclic) bond motifs is 1. The number of H-pyrrole nitrogens is 1. The van der Waals surface area contributed by atoms with E-state index in [-0.39, 0.29) is 5.41 Å². The standard InChI is InChI=1S/C17H22N2.2C2H6/c1-11(2)13-9-10-15(18-13)16-17(3,4)12-7-5-6-8-14(12)19-16;2*1-2/h5-11,16,18-19H,1-4H3;2*1-2H3. The molecule has 1 aliphatic rings. The number of benzene rings is 1. The number of nitrogens with one attached hydrogen (secondary N) is 2. The number of hydrogen-bond donors (Lipinski definition) is 2. The van der Waals surface area contributed by atoms with Crippen molar-refractivity contribution in [1.29, 1.82) is 0 Å². The number of rotatable bonds is 2. The molecule has 2 heteroatoms. The van der Waals surface area contributed by atoms with E-state index in [0.29, 0.717) is 12.0 Å². The monoisotopic (exact) mass is 314 g/mol. The molecule has 128 valence electrons. The van der Waals surface area contributed by atoms with E-state index < -0.39 is 0 Å². The molecule has 2 aromatic rings. The molecular weight excluding hydrogens is 280 g/mol. The largest absolute Gasteiger partial charge is 0.376 e. The molecule has 2 N–H and O–H groups in total. The predicted octanol–water partition coefficient (Wildman–Crippen LogP) is 6.63. The minimum atomic E-state index is 0.107. The zero-order valence-electron chi connectivity index (χ0n) is 16.1. The highest BCUT2D eigenvalue weighted by Gasteiger charge is 2.40. The van der Waals surface area contributed by atoms with Crippen molar-refractivity contribution in [3.63, 3.8) is 0 Å². The Morgan fingerprint density at radius 2 is 1.52 bits per heavy atom. The van der Waals surface area contributed by atoms with Crippen LogP contribution in [-0.2, 0) is 5.41 Å². The van der Waals surface area contributed by atoms with E-state index in [1.807, 2.05) is 27.7 Å². The zero-order valence-corrected chi connectivity index (χ0v) is 16.1. The summed E-state index contributed by atoms with van der Waals surface area (Å²) in [6, 6.07) is 13.4. The molecular formula is C21H34N2. The molecule has 0 fully saturated rings. The fraction of sp³-hybridized carbons (Fsp3) is 0.524. The molecule has 2 heterocycles. The maximum absolute atomic E-state index is 3.66. The van der Waals surface area contributed by atoms with E-state index in [2.05, 4.69) is 74.4 Å². The Balaban J connectivity index is 0.000000615. The van der Waals surface area contributed by atoms with Crippen LogP contribution in [0.5, 0.6) is 0 Å². The van der Waals surface area contributed by atoms with Gasteiger partial charge in [-0.3, -0.25) is 0 Å². The second-order valence-corrected chi connectivity index (χ2v) is 6.37. The maximum Gasteiger partial charge on any atom is 0.0755 e. The summed E-state index contributed by atoms with van der Waals surface area (Å²) in [6.45, 7) is 17.1. The third-order valence-corrected chi connectivity index (χ3v) is 4.31. The van der Waals surface area contributed by atoms with Crippen LogP contribution in [0.1, 0.15) is 84.3 Å². The first-order chi connectivity index (χ1) is 11.0. The Morgan fingerprint density at radius 3 is 2.04 bits per heavy atom. The van der Waals surface area contributed by atoms with Crippen molar-refractivity contribution in [3.05, 3.63) is 53.3 Å².